The first kappa shape index (κ1) is 9.71. The van der Waals surface area contributed by atoms with E-state index in [9.17, 15) is 0 Å². The van der Waals surface area contributed by atoms with E-state index >= 15 is 0 Å². The fourth-order valence-corrected chi connectivity index (χ4v) is 3.20. The lowest BCUT2D eigenvalue weighted by molar-refractivity contribution is 0.312. The van der Waals surface area contributed by atoms with Gasteiger partial charge in [-0.05, 0) is 36.0 Å². The second kappa shape index (κ2) is 3.82. The zero-order valence-electron chi connectivity index (χ0n) is 8.71. The third kappa shape index (κ3) is 1.69. The van der Waals surface area contributed by atoms with Crippen LogP contribution in [0.5, 0.6) is 5.75 Å². The molecule has 0 bridgehead atoms. The number of hydrogen-bond donors (Lipinski definition) is 0. The van der Waals surface area contributed by atoms with Gasteiger partial charge in [-0.1, -0.05) is 34.5 Å². The normalized spacial score (nSPS) is 21.7. The third-order valence-corrected chi connectivity index (χ3v) is 4.87. The fourth-order valence-electron chi connectivity index (χ4n) is 2.38. The molecule has 0 N–H and O–H groups in total. The van der Waals surface area contributed by atoms with Gasteiger partial charge in [-0.25, -0.2) is 0 Å². The van der Waals surface area contributed by atoms with Crippen molar-refractivity contribution in [1.29, 1.82) is 0 Å². The summed E-state index contributed by atoms with van der Waals surface area (Å²) in [7, 11) is 0. The van der Waals surface area contributed by atoms with Gasteiger partial charge in [0, 0.05) is 11.2 Å². The first-order chi connectivity index (χ1) is 7.34. The summed E-state index contributed by atoms with van der Waals surface area (Å²) in [4.78, 5) is 0.553. The minimum absolute atomic E-state index is 0.553. The van der Waals surface area contributed by atoms with Crippen LogP contribution in [0.15, 0.2) is 18.2 Å². The van der Waals surface area contributed by atoms with Gasteiger partial charge in [0.2, 0.25) is 0 Å². The minimum Gasteiger partial charge on any atom is -0.493 e. The van der Waals surface area contributed by atoms with Crippen molar-refractivity contribution in [2.75, 3.05) is 6.61 Å². The molecule has 2 heteroatoms. The molecule has 1 nitrogen and oxygen atoms in total. The van der Waals surface area contributed by atoms with Crippen LogP contribution in [0.3, 0.4) is 0 Å². The van der Waals surface area contributed by atoms with E-state index in [-0.39, 0.29) is 0 Å². The Balaban J connectivity index is 1.85. The Morgan fingerprint density at radius 1 is 1.33 bits per heavy atom. The minimum atomic E-state index is 0.553. The number of benzene rings is 1. The summed E-state index contributed by atoms with van der Waals surface area (Å²) in [6.45, 7) is 0.856. The average Bonchev–Trinajstić information content (AvgIpc) is 2.61. The maximum atomic E-state index is 5.52. The van der Waals surface area contributed by atoms with Crippen molar-refractivity contribution in [3.05, 3.63) is 29.3 Å². The maximum Gasteiger partial charge on any atom is 0.122 e. The molecule has 0 radical (unpaired) electrons. The summed E-state index contributed by atoms with van der Waals surface area (Å²) in [5.41, 5.74) is 2.82. The lowest BCUT2D eigenvalue weighted by Crippen LogP contribution is -2.16. The van der Waals surface area contributed by atoms with Crippen LogP contribution in [0, 0.1) is 5.92 Å². The highest BCUT2D eigenvalue weighted by molar-refractivity contribution is 9.09. The van der Waals surface area contributed by atoms with Crippen molar-refractivity contribution in [2.45, 2.75) is 30.5 Å². The number of hydrogen-bond acceptors (Lipinski definition) is 1. The number of rotatable bonds is 2. The molecule has 1 heterocycles. The highest BCUT2D eigenvalue weighted by Gasteiger charge is 2.27. The molecule has 1 fully saturated rings. The molecule has 3 rings (SSSR count). The van der Waals surface area contributed by atoms with Crippen LogP contribution >= 0.6 is 15.9 Å². The predicted octanol–water partition coefficient (Wildman–Crippen LogP) is 3.86. The quantitative estimate of drug-likeness (QED) is 0.739. The van der Waals surface area contributed by atoms with Gasteiger partial charge in [-0.2, -0.15) is 0 Å². The first-order valence-corrected chi connectivity index (χ1v) is 6.66. The monoisotopic (exact) mass is 266 g/mol. The molecule has 0 aromatic heterocycles. The molecular formula is C13H15BrO. The van der Waals surface area contributed by atoms with Gasteiger partial charge < -0.3 is 4.74 Å². The van der Waals surface area contributed by atoms with Crippen LogP contribution < -0.4 is 4.74 Å². The molecule has 0 saturated heterocycles. The highest BCUT2D eigenvalue weighted by Crippen LogP contribution is 2.44. The Kier molecular flexibility index (Phi) is 2.47. The molecule has 1 aliphatic carbocycles. The van der Waals surface area contributed by atoms with Crippen molar-refractivity contribution >= 4 is 15.9 Å². The molecular weight excluding hydrogens is 252 g/mol. The van der Waals surface area contributed by atoms with E-state index in [0.717, 1.165) is 24.7 Å². The second-order valence-corrected chi connectivity index (χ2v) is 5.54. The molecule has 1 saturated carbocycles. The van der Waals surface area contributed by atoms with Crippen molar-refractivity contribution in [3.63, 3.8) is 0 Å². The standard InChI is InChI=1S/C13H15BrO/c14-13(9-2-1-3-9)11-4-5-12-10(8-11)6-7-15-12/h4-5,8-9,13H,1-3,6-7H2. The molecule has 1 aromatic carbocycles. The SMILES string of the molecule is BrC(c1ccc2c(c1)CCO2)C1CCC1. The molecule has 1 unspecified atom stereocenters. The van der Waals surface area contributed by atoms with Crippen molar-refractivity contribution < 1.29 is 4.74 Å². The van der Waals surface area contributed by atoms with Gasteiger partial charge >= 0.3 is 0 Å². The van der Waals surface area contributed by atoms with Crippen LogP contribution in [0.25, 0.3) is 0 Å². The molecule has 0 amide bonds. The van der Waals surface area contributed by atoms with Crippen LogP contribution in [0.2, 0.25) is 0 Å². The highest BCUT2D eigenvalue weighted by atomic mass is 79.9. The van der Waals surface area contributed by atoms with Crippen LogP contribution in [-0.4, -0.2) is 6.61 Å². The Hall–Kier alpha value is -0.500. The molecule has 1 aliphatic heterocycles. The van der Waals surface area contributed by atoms with Crippen LogP contribution in [0.4, 0.5) is 0 Å². The van der Waals surface area contributed by atoms with E-state index in [1.54, 1.807) is 0 Å². The summed E-state index contributed by atoms with van der Waals surface area (Å²) in [6.07, 6.45) is 5.24. The van der Waals surface area contributed by atoms with Crippen molar-refractivity contribution in [1.82, 2.24) is 0 Å². The Labute approximate surface area is 99.0 Å². The topological polar surface area (TPSA) is 9.23 Å². The van der Waals surface area contributed by atoms with Crippen LogP contribution in [0.1, 0.15) is 35.2 Å². The molecule has 2 aliphatic rings. The maximum absolute atomic E-state index is 5.52. The molecule has 80 valence electrons. The Morgan fingerprint density at radius 3 is 2.93 bits per heavy atom. The van der Waals surface area contributed by atoms with E-state index in [1.165, 1.54) is 30.4 Å². The smallest absolute Gasteiger partial charge is 0.122 e. The molecule has 1 atom stereocenters. The predicted molar refractivity (Wildman–Crippen MR) is 64.7 cm³/mol. The molecule has 0 spiro atoms. The Morgan fingerprint density at radius 2 is 2.20 bits per heavy atom. The number of halogens is 1. The summed E-state index contributed by atoms with van der Waals surface area (Å²) in [5.74, 6) is 1.94. The van der Waals surface area contributed by atoms with E-state index in [2.05, 4.69) is 34.1 Å². The summed E-state index contributed by atoms with van der Waals surface area (Å²) < 4.78 is 5.52. The average molecular weight is 267 g/mol. The van der Waals surface area contributed by atoms with Gasteiger partial charge in [0.25, 0.3) is 0 Å². The van der Waals surface area contributed by atoms with Gasteiger partial charge in [0.1, 0.15) is 5.75 Å². The van der Waals surface area contributed by atoms with E-state index in [0.29, 0.717) is 4.83 Å². The first-order valence-electron chi connectivity index (χ1n) is 5.74. The number of fused-ring (bicyclic) bond motifs is 1. The van der Waals surface area contributed by atoms with Crippen molar-refractivity contribution in [3.8, 4) is 5.75 Å². The van der Waals surface area contributed by atoms with Gasteiger partial charge in [0.15, 0.2) is 0 Å². The zero-order valence-corrected chi connectivity index (χ0v) is 10.3. The fraction of sp³-hybridized carbons (Fsp3) is 0.538. The lowest BCUT2D eigenvalue weighted by atomic mass is 9.80. The largest absolute Gasteiger partial charge is 0.493 e. The molecule has 1 aromatic rings. The summed E-state index contributed by atoms with van der Waals surface area (Å²) in [6, 6.07) is 6.66. The van der Waals surface area contributed by atoms with Crippen LogP contribution in [-0.2, 0) is 6.42 Å². The third-order valence-electron chi connectivity index (χ3n) is 3.60. The molecule has 15 heavy (non-hydrogen) atoms. The second-order valence-electron chi connectivity index (χ2n) is 4.56. The summed E-state index contributed by atoms with van der Waals surface area (Å²) >= 11 is 3.83. The van der Waals surface area contributed by atoms with E-state index < -0.39 is 0 Å². The van der Waals surface area contributed by atoms with E-state index in [1.807, 2.05) is 0 Å². The van der Waals surface area contributed by atoms with Crippen molar-refractivity contribution in [2.24, 2.45) is 5.92 Å². The lowest BCUT2D eigenvalue weighted by Gasteiger charge is -2.30. The number of ether oxygens (including phenoxy) is 1. The number of alkyl halides is 1. The zero-order chi connectivity index (χ0) is 10.3. The van der Waals surface area contributed by atoms with Gasteiger partial charge in [-0.15, -0.1) is 0 Å². The van der Waals surface area contributed by atoms with Gasteiger partial charge in [-0.3, -0.25) is 0 Å². The summed E-state index contributed by atoms with van der Waals surface area (Å²) in [5, 5.41) is 0. The Bertz CT molecular complexity index is 371. The van der Waals surface area contributed by atoms with Gasteiger partial charge in [0.05, 0.1) is 6.61 Å². The van der Waals surface area contributed by atoms with E-state index in [4.69, 9.17) is 4.74 Å².